The predicted molar refractivity (Wildman–Crippen MR) is 111 cm³/mol. The van der Waals surface area contributed by atoms with E-state index >= 15 is 0 Å². The predicted octanol–water partition coefficient (Wildman–Crippen LogP) is -0.0599. The first-order valence-electron chi connectivity index (χ1n) is 9.50. The molecule has 1 fully saturated rings. The first-order valence-corrected chi connectivity index (χ1v) is 11.4. The van der Waals surface area contributed by atoms with Gasteiger partial charge in [-0.1, -0.05) is 6.92 Å². The van der Waals surface area contributed by atoms with Crippen molar-refractivity contribution in [2.24, 2.45) is 0 Å². The molecule has 0 aliphatic carbocycles. The standard InChI is InChI=1S/C17H32N6O5S/c1-6-7-23(16-12(18)15(19)20-9-21-16)17-14(26-4)13(27-10(2)3)11(28-17)8-22-29(5,24)25/h9-11,13-14,17,22H,6-8,18H2,1-5H3,(H2,19,20,21)/t11-,13-,14-,17-/m1/s1. The van der Waals surface area contributed by atoms with Gasteiger partial charge in [0.05, 0.1) is 12.4 Å². The quantitative estimate of drug-likeness (QED) is 0.458. The van der Waals surface area contributed by atoms with Crippen LogP contribution in [-0.4, -0.2) is 75.5 Å². The third kappa shape index (κ3) is 5.89. The number of aromatic nitrogens is 2. The van der Waals surface area contributed by atoms with Gasteiger partial charge in [-0.3, -0.25) is 0 Å². The van der Waals surface area contributed by atoms with E-state index in [0.717, 1.165) is 12.7 Å². The van der Waals surface area contributed by atoms with Gasteiger partial charge in [-0.25, -0.2) is 23.1 Å². The number of nitrogen functional groups attached to an aromatic ring is 2. The Hall–Kier alpha value is -1.73. The van der Waals surface area contributed by atoms with Crippen LogP contribution in [-0.2, 0) is 24.2 Å². The number of nitrogens with one attached hydrogen (secondary N) is 1. The van der Waals surface area contributed by atoms with E-state index in [1.807, 2.05) is 25.7 Å². The molecule has 5 N–H and O–H groups in total. The third-order valence-electron chi connectivity index (χ3n) is 4.47. The van der Waals surface area contributed by atoms with E-state index in [1.165, 1.54) is 6.33 Å². The summed E-state index contributed by atoms with van der Waals surface area (Å²) in [5.74, 6) is 0.611. The summed E-state index contributed by atoms with van der Waals surface area (Å²) in [5.41, 5.74) is 12.2. The lowest BCUT2D eigenvalue weighted by Crippen LogP contribution is -2.47. The molecule has 1 saturated heterocycles. The zero-order chi connectivity index (χ0) is 21.8. The number of rotatable bonds is 10. The van der Waals surface area contributed by atoms with Gasteiger partial charge in [0, 0.05) is 20.2 Å². The van der Waals surface area contributed by atoms with E-state index in [1.54, 1.807) is 7.11 Å². The van der Waals surface area contributed by atoms with E-state index < -0.39 is 34.6 Å². The number of sulfonamides is 1. The number of anilines is 3. The van der Waals surface area contributed by atoms with E-state index in [9.17, 15) is 8.42 Å². The molecule has 0 spiro atoms. The molecule has 0 amide bonds. The second-order valence-electron chi connectivity index (χ2n) is 7.23. The number of hydrogen-bond donors (Lipinski definition) is 3. The van der Waals surface area contributed by atoms with Crippen LogP contribution >= 0.6 is 0 Å². The Bertz CT molecular complexity index is 778. The topological polar surface area (TPSA) is 155 Å². The summed E-state index contributed by atoms with van der Waals surface area (Å²) in [6.45, 7) is 6.41. The molecule has 166 valence electrons. The minimum atomic E-state index is -3.40. The monoisotopic (exact) mass is 432 g/mol. The van der Waals surface area contributed by atoms with Crippen molar-refractivity contribution in [3.63, 3.8) is 0 Å². The largest absolute Gasteiger partial charge is 0.393 e. The maximum absolute atomic E-state index is 11.6. The summed E-state index contributed by atoms with van der Waals surface area (Å²) in [6.07, 6.45) is 0.921. The van der Waals surface area contributed by atoms with Gasteiger partial charge >= 0.3 is 0 Å². The fraction of sp³-hybridized carbons (Fsp3) is 0.765. The van der Waals surface area contributed by atoms with Gasteiger partial charge < -0.3 is 30.6 Å². The number of ether oxygens (including phenoxy) is 3. The summed E-state index contributed by atoms with van der Waals surface area (Å²) in [5, 5.41) is 0. The van der Waals surface area contributed by atoms with Crippen molar-refractivity contribution in [1.82, 2.24) is 14.7 Å². The lowest BCUT2D eigenvalue weighted by molar-refractivity contribution is -0.0746. The Labute approximate surface area is 172 Å². The van der Waals surface area contributed by atoms with Gasteiger partial charge in [0.1, 0.15) is 30.3 Å². The van der Waals surface area contributed by atoms with Gasteiger partial charge in [0.25, 0.3) is 0 Å². The second-order valence-corrected chi connectivity index (χ2v) is 9.06. The molecule has 11 nitrogen and oxygen atoms in total. The van der Waals surface area contributed by atoms with Crippen molar-refractivity contribution in [3.05, 3.63) is 6.33 Å². The zero-order valence-electron chi connectivity index (χ0n) is 17.5. The van der Waals surface area contributed by atoms with Crippen molar-refractivity contribution < 1.29 is 22.6 Å². The van der Waals surface area contributed by atoms with Gasteiger partial charge in [-0.15, -0.1) is 0 Å². The molecule has 2 rings (SSSR count). The van der Waals surface area contributed by atoms with E-state index in [2.05, 4.69) is 14.7 Å². The molecule has 0 aromatic carbocycles. The molecule has 1 aromatic heterocycles. The Balaban J connectivity index is 2.39. The van der Waals surface area contributed by atoms with E-state index in [0.29, 0.717) is 12.4 Å². The van der Waals surface area contributed by atoms with Crippen molar-refractivity contribution in [2.75, 3.05) is 42.8 Å². The Morgan fingerprint density at radius 2 is 2.00 bits per heavy atom. The Kier molecular flexibility index (Phi) is 8.00. The van der Waals surface area contributed by atoms with Crippen LogP contribution in [0.15, 0.2) is 6.33 Å². The van der Waals surface area contributed by atoms with Gasteiger partial charge in [-0.2, -0.15) is 0 Å². The summed E-state index contributed by atoms with van der Waals surface area (Å²) in [7, 11) is -1.84. The third-order valence-corrected chi connectivity index (χ3v) is 5.16. The average Bonchev–Trinajstić information content (AvgIpc) is 2.96. The fourth-order valence-corrected chi connectivity index (χ4v) is 3.78. The zero-order valence-corrected chi connectivity index (χ0v) is 18.3. The van der Waals surface area contributed by atoms with Crippen molar-refractivity contribution in [3.8, 4) is 0 Å². The summed E-state index contributed by atoms with van der Waals surface area (Å²) < 4.78 is 43.7. The molecular weight excluding hydrogens is 400 g/mol. The molecule has 0 saturated carbocycles. The normalized spacial score (nSPS) is 24.9. The highest BCUT2D eigenvalue weighted by Crippen LogP contribution is 2.34. The lowest BCUT2D eigenvalue weighted by atomic mass is 10.1. The molecule has 12 heteroatoms. The first-order chi connectivity index (χ1) is 13.6. The van der Waals surface area contributed by atoms with Crippen LogP contribution in [0.4, 0.5) is 17.3 Å². The number of hydrogen-bond acceptors (Lipinski definition) is 10. The lowest BCUT2D eigenvalue weighted by Gasteiger charge is -2.33. The molecular formula is C17H32N6O5S. The van der Waals surface area contributed by atoms with Crippen LogP contribution in [0.5, 0.6) is 0 Å². The summed E-state index contributed by atoms with van der Waals surface area (Å²) in [6, 6.07) is 0. The maximum atomic E-state index is 11.6. The Morgan fingerprint density at radius 3 is 2.55 bits per heavy atom. The summed E-state index contributed by atoms with van der Waals surface area (Å²) in [4.78, 5) is 10.1. The average molecular weight is 433 g/mol. The van der Waals surface area contributed by atoms with Gasteiger partial charge in [0.2, 0.25) is 10.0 Å². The minimum Gasteiger partial charge on any atom is -0.393 e. The van der Waals surface area contributed by atoms with Crippen LogP contribution in [0.2, 0.25) is 0 Å². The SMILES string of the molecule is CCCN(c1ncnc(N)c1N)[C@@H]1O[C@H](CNS(C)(=O)=O)[C@@H](OC(C)C)[C@H]1OC. The molecule has 0 unspecified atom stereocenters. The minimum absolute atomic E-state index is 0.0495. The van der Waals surface area contributed by atoms with Crippen molar-refractivity contribution >= 4 is 27.3 Å². The molecule has 0 bridgehead atoms. The molecule has 1 aliphatic rings. The highest BCUT2D eigenvalue weighted by atomic mass is 32.2. The van der Waals surface area contributed by atoms with E-state index in [-0.39, 0.29) is 24.2 Å². The van der Waals surface area contributed by atoms with Gasteiger partial charge in [0.15, 0.2) is 17.9 Å². The maximum Gasteiger partial charge on any atom is 0.208 e. The first kappa shape index (κ1) is 23.5. The molecule has 1 aromatic rings. The van der Waals surface area contributed by atoms with Crippen molar-refractivity contribution in [1.29, 1.82) is 0 Å². The molecule has 0 radical (unpaired) electrons. The second kappa shape index (κ2) is 9.85. The molecule has 2 heterocycles. The van der Waals surface area contributed by atoms with Crippen LogP contribution in [0, 0.1) is 0 Å². The molecule has 1 aliphatic heterocycles. The molecule has 29 heavy (non-hydrogen) atoms. The van der Waals surface area contributed by atoms with Crippen LogP contribution in [0.25, 0.3) is 0 Å². The highest BCUT2D eigenvalue weighted by molar-refractivity contribution is 7.88. The van der Waals surface area contributed by atoms with Crippen LogP contribution in [0.3, 0.4) is 0 Å². The molecule has 4 atom stereocenters. The van der Waals surface area contributed by atoms with Crippen LogP contribution in [0.1, 0.15) is 27.2 Å². The number of nitrogens with two attached hydrogens (primary N) is 2. The van der Waals surface area contributed by atoms with Gasteiger partial charge in [-0.05, 0) is 20.3 Å². The van der Waals surface area contributed by atoms with E-state index in [4.69, 9.17) is 25.7 Å². The Morgan fingerprint density at radius 1 is 1.31 bits per heavy atom. The van der Waals surface area contributed by atoms with Crippen LogP contribution < -0.4 is 21.1 Å². The number of methoxy groups -OCH3 is 1. The van der Waals surface area contributed by atoms with Crippen molar-refractivity contribution in [2.45, 2.75) is 57.8 Å². The number of nitrogens with zero attached hydrogens (tertiary/aromatic N) is 3. The fourth-order valence-electron chi connectivity index (χ4n) is 3.31. The highest BCUT2D eigenvalue weighted by Gasteiger charge is 2.49. The smallest absolute Gasteiger partial charge is 0.208 e. The summed E-state index contributed by atoms with van der Waals surface area (Å²) >= 11 is 0.